The first-order chi connectivity index (χ1) is 12.8. The van der Waals surface area contributed by atoms with Crippen LogP contribution in [-0.4, -0.2) is 19.5 Å². The summed E-state index contributed by atoms with van der Waals surface area (Å²) in [5.74, 6) is 1.74. The number of ether oxygens (including phenoxy) is 2. The first-order valence-electron chi connectivity index (χ1n) is 8.68. The van der Waals surface area contributed by atoms with Gasteiger partial charge < -0.3 is 9.47 Å². The number of benzene rings is 3. The van der Waals surface area contributed by atoms with E-state index >= 15 is 0 Å². The first-order valence-corrected chi connectivity index (χ1v) is 8.68. The third-order valence-electron chi connectivity index (χ3n) is 4.22. The Hall–Kier alpha value is -3.07. The Morgan fingerprint density at radius 2 is 1.54 bits per heavy atom. The number of hydrogen-bond acceptors (Lipinski definition) is 3. The second-order valence-electron chi connectivity index (χ2n) is 6.02. The van der Waals surface area contributed by atoms with Gasteiger partial charge in [-0.05, 0) is 41.5 Å². The van der Waals surface area contributed by atoms with Gasteiger partial charge in [0.15, 0.2) is 5.78 Å². The SMILES string of the molecule is COc1ccccc1CCOc1ccc(C(=O)Cc2ccccc2)cc1. The Morgan fingerprint density at radius 1 is 0.846 bits per heavy atom. The van der Waals surface area contributed by atoms with Crippen molar-refractivity contribution >= 4 is 5.78 Å². The summed E-state index contributed by atoms with van der Waals surface area (Å²) in [5.41, 5.74) is 2.84. The zero-order valence-corrected chi connectivity index (χ0v) is 14.9. The van der Waals surface area contributed by atoms with Crippen LogP contribution in [-0.2, 0) is 12.8 Å². The maximum Gasteiger partial charge on any atom is 0.167 e. The number of carbonyl (C=O) groups is 1. The van der Waals surface area contributed by atoms with Crippen LogP contribution in [0.2, 0.25) is 0 Å². The van der Waals surface area contributed by atoms with E-state index in [0.717, 1.165) is 29.0 Å². The number of carbonyl (C=O) groups excluding carboxylic acids is 1. The predicted octanol–water partition coefficient (Wildman–Crippen LogP) is 4.74. The van der Waals surface area contributed by atoms with E-state index in [1.54, 1.807) is 7.11 Å². The molecule has 26 heavy (non-hydrogen) atoms. The molecule has 0 aliphatic heterocycles. The van der Waals surface area contributed by atoms with E-state index in [-0.39, 0.29) is 5.78 Å². The third kappa shape index (κ3) is 4.73. The summed E-state index contributed by atoms with van der Waals surface area (Å²) in [4.78, 5) is 12.3. The van der Waals surface area contributed by atoms with Gasteiger partial charge in [-0.15, -0.1) is 0 Å². The lowest BCUT2D eigenvalue weighted by atomic mass is 10.0. The van der Waals surface area contributed by atoms with Crippen molar-refractivity contribution in [2.24, 2.45) is 0 Å². The molecule has 0 fully saturated rings. The lowest BCUT2D eigenvalue weighted by Gasteiger charge is -2.10. The molecule has 3 heteroatoms. The standard InChI is InChI=1S/C23H22O3/c1-25-23-10-6-5-9-20(23)15-16-26-21-13-11-19(12-14-21)22(24)17-18-7-3-2-4-8-18/h2-14H,15-17H2,1H3. The van der Waals surface area contributed by atoms with Crippen LogP contribution >= 0.6 is 0 Å². The fourth-order valence-corrected chi connectivity index (χ4v) is 2.81. The van der Waals surface area contributed by atoms with Gasteiger partial charge in [-0.3, -0.25) is 4.79 Å². The van der Waals surface area contributed by atoms with E-state index in [1.807, 2.05) is 78.9 Å². The number of para-hydroxylation sites is 1. The molecule has 3 aromatic rings. The minimum Gasteiger partial charge on any atom is -0.496 e. The van der Waals surface area contributed by atoms with Crippen LogP contribution in [0.1, 0.15) is 21.5 Å². The van der Waals surface area contributed by atoms with Crippen LogP contribution in [0, 0.1) is 0 Å². The largest absolute Gasteiger partial charge is 0.496 e. The van der Waals surface area contributed by atoms with Crippen molar-refractivity contribution in [1.29, 1.82) is 0 Å². The average Bonchev–Trinajstić information content (AvgIpc) is 2.69. The van der Waals surface area contributed by atoms with E-state index < -0.39 is 0 Å². The van der Waals surface area contributed by atoms with Gasteiger partial charge in [0, 0.05) is 18.4 Å². The summed E-state index contributed by atoms with van der Waals surface area (Å²) in [6, 6.07) is 25.0. The van der Waals surface area contributed by atoms with Gasteiger partial charge in [-0.2, -0.15) is 0 Å². The molecule has 0 saturated carbocycles. The Labute approximate surface area is 154 Å². The van der Waals surface area contributed by atoms with Crippen molar-refractivity contribution in [3.8, 4) is 11.5 Å². The molecule has 0 bridgehead atoms. The molecular formula is C23H22O3. The van der Waals surface area contributed by atoms with Crippen molar-refractivity contribution < 1.29 is 14.3 Å². The molecule has 0 aliphatic rings. The van der Waals surface area contributed by atoms with Gasteiger partial charge in [0.25, 0.3) is 0 Å². The zero-order chi connectivity index (χ0) is 18.2. The second-order valence-corrected chi connectivity index (χ2v) is 6.02. The molecule has 0 N–H and O–H groups in total. The molecule has 3 rings (SSSR count). The molecular weight excluding hydrogens is 324 g/mol. The maximum absolute atomic E-state index is 12.3. The molecule has 0 aromatic heterocycles. The van der Waals surface area contributed by atoms with Crippen LogP contribution in [0.15, 0.2) is 78.9 Å². The highest BCUT2D eigenvalue weighted by molar-refractivity contribution is 5.97. The van der Waals surface area contributed by atoms with Gasteiger partial charge in [-0.25, -0.2) is 0 Å². The van der Waals surface area contributed by atoms with Crippen LogP contribution in [0.25, 0.3) is 0 Å². The van der Waals surface area contributed by atoms with Crippen molar-refractivity contribution in [2.45, 2.75) is 12.8 Å². The van der Waals surface area contributed by atoms with Crippen molar-refractivity contribution in [3.63, 3.8) is 0 Å². The maximum atomic E-state index is 12.3. The van der Waals surface area contributed by atoms with Crippen LogP contribution < -0.4 is 9.47 Å². The molecule has 0 saturated heterocycles. The highest BCUT2D eigenvalue weighted by Crippen LogP contribution is 2.19. The van der Waals surface area contributed by atoms with Gasteiger partial charge in [-0.1, -0.05) is 48.5 Å². The summed E-state index contributed by atoms with van der Waals surface area (Å²) < 4.78 is 11.1. The van der Waals surface area contributed by atoms with Crippen molar-refractivity contribution in [1.82, 2.24) is 0 Å². The van der Waals surface area contributed by atoms with E-state index in [1.165, 1.54) is 0 Å². The number of methoxy groups -OCH3 is 1. The Bertz CT molecular complexity index is 839. The number of ketones is 1. The highest BCUT2D eigenvalue weighted by Gasteiger charge is 2.07. The minimum absolute atomic E-state index is 0.108. The summed E-state index contributed by atoms with van der Waals surface area (Å²) in [6.45, 7) is 0.553. The van der Waals surface area contributed by atoms with E-state index in [2.05, 4.69) is 0 Å². The molecule has 132 valence electrons. The number of Topliss-reactive ketones (excluding diaryl/α,β-unsaturated/α-hetero) is 1. The molecule has 0 radical (unpaired) electrons. The first kappa shape index (κ1) is 17.7. The fourth-order valence-electron chi connectivity index (χ4n) is 2.81. The third-order valence-corrected chi connectivity index (χ3v) is 4.22. The summed E-state index contributed by atoms with van der Waals surface area (Å²) in [7, 11) is 1.67. The average molecular weight is 346 g/mol. The smallest absolute Gasteiger partial charge is 0.167 e. The number of hydrogen-bond donors (Lipinski definition) is 0. The molecule has 0 unspecified atom stereocenters. The molecule has 0 spiro atoms. The summed E-state index contributed by atoms with van der Waals surface area (Å²) >= 11 is 0. The van der Waals surface area contributed by atoms with Gasteiger partial charge in [0.2, 0.25) is 0 Å². The van der Waals surface area contributed by atoms with Crippen LogP contribution in [0.4, 0.5) is 0 Å². The molecule has 0 aliphatic carbocycles. The van der Waals surface area contributed by atoms with Gasteiger partial charge in [0.05, 0.1) is 13.7 Å². The molecule has 0 heterocycles. The Morgan fingerprint density at radius 3 is 2.27 bits per heavy atom. The highest BCUT2D eigenvalue weighted by atomic mass is 16.5. The summed E-state index contributed by atoms with van der Waals surface area (Å²) in [6.07, 6.45) is 1.17. The monoisotopic (exact) mass is 346 g/mol. The Kier molecular flexibility index (Phi) is 6.05. The zero-order valence-electron chi connectivity index (χ0n) is 14.9. The predicted molar refractivity (Wildman–Crippen MR) is 103 cm³/mol. The van der Waals surface area contributed by atoms with Crippen molar-refractivity contribution in [3.05, 3.63) is 95.6 Å². The minimum atomic E-state index is 0.108. The molecule has 3 aromatic carbocycles. The molecule has 0 amide bonds. The normalized spacial score (nSPS) is 10.3. The van der Waals surface area contributed by atoms with Gasteiger partial charge >= 0.3 is 0 Å². The van der Waals surface area contributed by atoms with E-state index in [4.69, 9.17) is 9.47 Å². The quantitative estimate of drug-likeness (QED) is 0.553. The Balaban J connectivity index is 1.53. The number of rotatable bonds is 8. The van der Waals surface area contributed by atoms with E-state index in [9.17, 15) is 4.79 Å². The lowest BCUT2D eigenvalue weighted by molar-refractivity contribution is 0.0993. The molecule has 3 nitrogen and oxygen atoms in total. The molecule has 0 atom stereocenters. The van der Waals surface area contributed by atoms with Crippen LogP contribution in [0.5, 0.6) is 11.5 Å². The fraction of sp³-hybridized carbons (Fsp3) is 0.174. The van der Waals surface area contributed by atoms with Gasteiger partial charge in [0.1, 0.15) is 11.5 Å². The topological polar surface area (TPSA) is 35.5 Å². The van der Waals surface area contributed by atoms with E-state index in [0.29, 0.717) is 18.6 Å². The summed E-state index contributed by atoms with van der Waals surface area (Å²) in [5, 5.41) is 0. The lowest BCUT2D eigenvalue weighted by Crippen LogP contribution is -2.05. The van der Waals surface area contributed by atoms with Crippen molar-refractivity contribution in [2.75, 3.05) is 13.7 Å². The van der Waals surface area contributed by atoms with Crippen LogP contribution in [0.3, 0.4) is 0 Å². The second kappa shape index (κ2) is 8.86.